The normalized spacial score (nSPS) is 10.7. The number of nitro groups is 1. The second kappa shape index (κ2) is 7.04. The average Bonchev–Trinajstić information content (AvgIpc) is 2.47. The highest BCUT2D eigenvalue weighted by atomic mass is 16.6. The first-order chi connectivity index (χ1) is 9.88. The summed E-state index contributed by atoms with van der Waals surface area (Å²) in [6.07, 6.45) is 0.907. The summed E-state index contributed by atoms with van der Waals surface area (Å²) in [7, 11) is 2.31. The topological polar surface area (TPSA) is 108 Å². The first kappa shape index (κ1) is 16.2. The fraction of sp³-hybridized carbons (Fsp3) is 0.231. The lowest BCUT2D eigenvalue weighted by atomic mass is 10.1. The smallest absolute Gasteiger partial charge is 0.354 e. The third-order valence-electron chi connectivity index (χ3n) is 2.57. The Labute approximate surface area is 120 Å². The Balaban J connectivity index is 3.17. The zero-order valence-electron chi connectivity index (χ0n) is 11.7. The van der Waals surface area contributed by atoms with Crippen molar-refractivity contribution in [1.29, 1.82) is 0 Å². The molecule has 112 valence electrons. The van der Waals surface area contributed by atoms with Crippen LogP contribution in [0.2, 0.25) is 0 Å². The van der Waals surface area contributed by atoms with Crippen molar-refractivity contribution in [3.05, 3.63) is 45.6 Å². The molecule has 1 aromatic carbocycles. The van der Waals surface area contributed by atoms with E-state index in [0.717, 1.165) is 20.3 Å². The number of carbonyl (C=O) groups excluding carboxylic acids is 2. The van der Waals surface area contributed by atoms with Crippen molar-refractivity contribution in [3.8, 4) is 0 Å². The van der Waals surface area contributed by atoms with Crippen LogP contribution >= 0.6 is 0 Å². The molecule has 0 fully saturated rings. The van der Waals surface area contributed by atoms with Gasteiger partial charge >= 0.3 is 11.9 Å². The molecular weight excluding hydrogens is 280 g/mol. The van der Waals surface area contributed by atoms with Crippen molar-refractivity contribution in [2.75, 3.05) is 19.5 Å². The Kier molecular flexibility index (Phi) is 5.41. The number of anilines is 1. The van der Waals surface area contributed by atoms with Gasteiger partial charge in [-0.15, -0.1) is 0 Å². The van der Waals surface area contributed by atoms with Crippen LogP contribution in [-0.4, -0.2) is 31.1 Å². The van der Waals surface area contributed by atoms with Gasteiger partial charge in [0.1, 0.15) is 5.70 Å². The predicted octanol–water partition coefficient (Wildman–Crippen LogP) is 1.55. The van der Waals surface area contributed by atoms with E-state index in [0.29, 0.717) is 11.3 Å². The van der Waals surface area contributed by atoms with Crippen LogP contribution in [0, 0.1) is 17.0 Å². The van der Waals surface area contributed by atoms with Gasteiger partial charge < -0.3 is 14.8 Å². The molecule has 0 saturated carbocycles. The minimum Gasteiger partial charge on any atom is -0.466 e. The zero-order chi connectivity index (χ0) is 16.0. The summed E-state index contributed by atoms with van der Waals surface area (Å²) >= 11 is 0. The van der Waals surface area contributed by atoms with Crippen LogP contribution in [0.25, 0.3) is 0 Å². The van der Waals surface area contributed by atoms with E-state index in [-0.39, 0.29) is 11.4 Å². The van der Waals surface area contributed by atoms with Crippen molar-refractivity contribution in [1.82, 2.24) is 0 Å². The molecular formula is C13H14N2O6. The second-order valence-electron chi connectivity index (χ2n) is 3.95. The monoisotopic (exact) mass is 294 g/mol. The Morgan fingerprint density at radius 3 is 2.48 bits per heavy atom. The van der Waals surface area contributed by atoms with Crippen molar-refractivity contribution < 1.29 is 24.0 Å². The summed E-state index contributed by atoms with van der Waals surface area (Å²) in [6, 6.07) is 4.11. The number of aryl methyl sites for hydroxylation is 1. The molecule has 0 aliphatic heterocycles. The average molecular weight is 294 g/mol. The maximum Gasteiger partial charge on any atom is 0.354 e. The van der Waals surface area contributed by atoms with Crippen molar-refractivity contribution in [2.24, 2.45) is 0 Å². The molecule has 1 aromatic rings. The maximum atomic E-state index is 11.6. The fourth-order valence-electron chi connectivity index (χ4n) is 1.44. The Morgan fingerprint density at radius 1 is 1.29 bits per heavy atom. The lowest BCUT2D eigenvalue weighted by molar-refractivity contribution is -0.384. The van der Waals surface area contributed by atoms with Crippen LogP contribution in [0.15, 0.2) is 30.0 Å². The largest absolute Gasteiger partial charge is 0.466 e. The summed E-state index contributed by atoms with van der Waals surface area (Å²) in [4.78, 5) is 33.0. The first-order valence-electron chi connectivity index (χ1n) is 5.79. The minimum absolute atomic E-state index is 0.148. The van der Waals surface area contributed by atoms with E-state index in [4.69, 9.17) is 0 Å². The fourth-order valence-corrected chi connectivity index (χ4v) is 1.44. The Morgan fingerprint density at radius 2 is 1.95 bits per heavy atom. The van der Waals surface area contributed by atoms with E-state index in [9.17, 15) is 19.7 Å². The summed E-state index contributed by atoms with van der Waals surface area (Å²) in [5.74, 6) is -1.56. The highest BCUT2D eigenvalue weighted by Gasteiger charge is 2.15. The third kappa shape index (κ3) is 4.30. The van der Waals surface area contributed by atoms with Crippen LogP contribution in [-0.2, 0) is 19.1 Å². The molecule has 21 heavy (non-hydrogen) atoms. The maximum absolute atomic E-state index is 11.6. The Hall–Kier alpha value is -2.90. The van der Waals surface area contributed by atoms with E-state index >= 15 is 0 Å². The number of esters is 2. The van der Waals surface area contributed by atoms with Gasteiger partial charge in [0.15, 0.2) is 0 Å². The van der Waals surface area contributed by atoms with Gasteiger partial charge in [-0.3, -0.25) is 10.1 Å². The molecule has 0 aromatic heterocycles. The van der Waals surface area contributed by atoms with Gasteiger partial charge in [0.25, 0.3) is 5.69 Å². The lowest BCUT2D eigenvalue weighted by Gasteiger charge is -2.11. The lowest BCUT2D eigenvalue weighted by Crippen LogP contribution is -2.16. The molecule has 0 atom stereocenters. The second-order valence-corrected chi connectivity index (χ2v) is 3.95. The molecule has 0 radical (unpaired) electrons. The molecule has 0 amide bonds. The number of non-ortho nitro benzene ring substituents is 1. The third-order valence-corrected chi connectivity index (χ3v) is 2.57. The van der Waals surface area contributed by atoms with Gasteiger partial charge in [0.2, 0.25) is 0 Å². The highest BCUT2D eigenvalue weighted by Crippen LogP contribution is 2.23. The Bertz CT molecular complexity index is 609. The number of rotatable bonds is 5. The highest BCUT2D eigenvalue weighted by molar-refractivity contribution is 5.98. The molecule has 0 aliphatic rings. The van der Waals surface area contributed by atoms with Crippen LogP contribution < -0.4 is 5.32 Å². The van der Waals surface area contributed by atoms with Gasteiger partial charge in [0.05, 0.1) is 25.2 Å². The molecule has 1 rings (SSSR count). The van der Waals surface area contributed by atoms with Crippen LogP contribution in [0.3, 0.4) is 0 Å². The van der Waals surface area contributed by atoms with Crippen LogP contribution in [0.1, 0.15) is 5.56 Å². The summed E-state index contributed by atoms with van der Waals surface area (Å²) in [5, 5.41) is 13.4. The van der Waals surface area contributed by atoms with E-state index in [1.54, 1.807) is 6.92 Å². The number of nitrogens with zero attached hydrogens (tertiary/aromatic N) is 1. The number of ether oxygens (including phenoxy) is 2. The number of nitrogens with one attached hydrogen (secondary N) is 1. The van der Waals surface area contributed by atoms with Crippen molar-refractivity contribution in [2.45, 2.75) is 6.92 Å². The molecule has 0 bridgehead atoms. The molecule has 0 spiro atoms. The number of benzene rings is 1. The van der Waals surface area contributed by atoms with Crippen molar-refractivity contribution in [3.63, 3.8) is 0 Å². The van der Waals surface area contributed by atoms with Gasteiger partial charge in [-0.1, -0.05) is 6.07 Å². The van der Waals surface area contributed by atoms with Gasteiger partial charge in [0, 0.05) is 17.8 Å². The summed E-state index contributed by atoms with van der Waals surface area (Å²) in [5.41, 5.74) is 0.628. The van der Waals surface area contributed by atoms with Gasteiger partial charge in [-0.25, -0.2) is 9.59 Å². The first-order valence-corrected chi connectivity index (χ1v) is 5.79. The molecule has 0 unspecified atom stereocenters. The minimum atomic E-state index is -0.800. The number of methoxy groups -OCH3 is 2. The molecule has 0 aliphatic carbocycles. The van der Waals surface area contributed by atoms with Gasteiger partial charge in [-0.05, 0) is 12.5 Å². The number of nitro benzene ring substituents is 1. The van der Waals surface area contributed by atoms with E-state index in [2.05, 4.69) is 14.8 Å². The van der Waals surface area contributed by atoms with E-state index < -0.39 is 16.9 Å². The van der Waals surface area contributed by atoms with Crippen molar-refractivity contribution >= 4 is 23.3 Å². The predicted molar refractivity (Wildman–Crippen MR) is 73.6 cm³/mol. The molecule has 8 nitrogen and oxygen atoms in total. The molecule has 8 heteroatoms. The van der Waals surface area contributed by atoms with E-state index in [1.165, 1.54) is 18.2 Å². The SMILES string of the molecule is COC(=O)/C=C(/Nc1cc([N+](=O)[O-])ccc1C)C(=O)OC. The molecule has 0 heterocycles. The quantitative estimate of drug-likeness (QED) is 0.380. The number of hydrogen-bond acceptors (Lipinski definition) is 7. The van der Waals surface area contributed by atoms with Crippen LogP contribution in [0.4, 0.5) is 11.4 Å². The van der Waals surface area contributed by atoms with Crippen LogP contribution in [0.5, 0.6) is 0 Å². The zero-order valence-corrected chi connectivity index (χ0v) is 11.7. The number of hydrogen-bond donors (Lipinski definition) is 1. The van der Waals surface area contributed by atoms with E-state index in [1.807, 2.05) is 0 Å². The molecule has 1 N–H and O–H groups in total. The summed E-state index contributed by atoms with van der Waals surface area (Å²) < 4.78 is 8.97. The standard InChI is InChI=1S/C13H14N2O6/c1-8-4-5-9(15(18)19)6-10(8)14-11(13(17)21-3)7-12(16)20-2/h4-7,14H,1-3H3/b11-7+. The van der Waals surface area contributed by atoms with Gasteiger partial charge in [-0.2, -0.15) is 0 Å². The summed E-state index contributed by atoms with van der Waals surface area (Å²) in [6.45, 7) is 1.69. The number of carbonyl (C=O) groups is 2. The molecule has 0 saturated heterocycles.